The van der Waals surface area contributed by atoms with Crippen LogP contribution in [-0.4, -0.2) is 22.0 Å². The van der Waals surface area contributed by atoms with Gasteiger partial charge in [0.1, 0.15) is 5.82 Å². The molecule has 2 aromatic heterocycles. The molecule has 0 radical (unpaired) electrons. The lowest BCUT2D eigenvalue weighted by atomic mass is 10.3. The van der Waals surface area contributed by atoms with Crippen LogP contribution >= 0.6 is 11.3 Å². The number of aryl methyl sites for hydroxylation is 1. The van der Waals surface area contributed by atoms with E-state index in [4.69, 9.17) is 0 Å². The van der Waals surface area contributed by atoms with E-state index in [9.17, 15) is 4.79 Å². The summed E-state index contributed by atoms with van der Waals surface area (Å²) in [5.41, 5.74) is 1.22. The van der Waals surface area contributed by atoms with E-state index in [2.05, 4.69) is 21.8 Å². The van der Waals surface area contributed by atoms with Crippen molar-refractivity contribution in [1.82, 2.24) is 14.9 Å². The first kappa shape index (κ1) is 12.4. The van der Waals surface area contributed by atoms with Crippen LogP contribution in [0.4, 0.5) is 0 Å². The largest absolute Gasteiger partial charge is 0.351 e. The molecule has 0 aliphatic heterocycles. The van der Waals surface area contributed by atoms with Crippen LogP contribution in [0, 0.1) is 6.92 Å². The molecule has 0 spiro atoms. The molecule has 0 saturated heterocycles. The van der Waals surface area contributed by atoms with Crippen LogP contribution in [0.1, 0.15) is 40.1 Å². The van der Waals surface area contributed by atoms with Crippen molar-refractivity contribution < 1.29 is 4.79 Å². The average Bonchev–Trinajstić information content (AvgIpc) is 2.95. The van der Waals surface area contributed by atoms with Gasteiger partial charge in [-0.25, -0.2) is 4.98 Å². The minimum absolute atomic E-state index is 0.0104. The molecule has 1 saturated carbocycles. The number of carbonyl (C=O) groups is 1. The van der Waals surface area contributed by atoms with Gasteiger partial charge in [0, 0.05) is 30.9 Å². The molecule has 1 fully saturated rings. The van der Waals surface area contributed by atoms with Gasteiger partial charge < -0.3 is 9.88 Å². The fourth-order valence-electron chi connectivity index (χ4n) is 2.30. The Balaban J connectivity index is 1.57. The smallest absolute Gasteiger partial charge is 0.261 e. The summed E-state index contributed by atoms with van der Waals surface area (Å²) < 4.78 is 2.32. The molecule has 0 aromatic carbocycles. The number of amides is 1. The number of thiophene rings is 1. The first-order valence-corrected chi connectivity index (χ1v) is 7.48. The predicted octanol–water partition coefficient (Wildman–Crippen LogP) is 2.56. The van der Waals surface area contributed by atoms with Gasteiger partial charge in [0.15, 0.2) is 0 Å². The quantitative estimate of drug-likeness (QED) is 0.911. The van der Waals surface area contributed by atoms with E-state index in [-0.39, 0.29) is 5.91 Å². The first-order chi connectivity index (χ1) is 9.25. The van der Waals surface area contributed by atoms with Crippen molar-refractivity contribution in [3.8, 4) is 0 Å². The van der Waals surface area contributed by atoms with Crippen molar-refractivity contribution in [2.24, 2.45) is 0 Å². The van der Waals surface area contributed by atoms with Crippen LogP contribution in [0.3, 0.4) is 0 Å². The fraction of sp³-hybridized carbons (Fsp3) is 0.429. The molecule has 0 atom stereocenters. The molecule has 3 rings (SSSR count). The van der Waals surface area contributed by atoms with Crippen LogP contribution in [0.15, 0.2) is 23.7 Å². The molecule has 100 valence electrons. The van der Waals surface area contributed by atoms with Gasteiger partial charge in [0.2, 0.25) is 0 Å². The lowest BCUT2D eigenvalue weighted by Gasteiger charge is -2.09. The second-order valence-corrected chi connectivity index (χ2v) is 5.85. The van der Waals surface area contributed by atoms with Crippen molar-refractivity contribution in [3.05, 3.63) is 40.1 Å². The highest BCUT2D eigenvalue weighted by Crippen LogP contribution is 2.36. The maximum Gasteiger partial charge on any atom is 0.261 e. The van der Waals surface area contributed by atoms with Crippen LogP contribution < -0.4 is 5.32 Å². The Hall–Kier alpha value is -1.62. The van der Waals surface area contributed by atoms with Gasteiger partial charge in [-0.3, -0.25) is 4.79 Å². The number of aromatic nitrogens is 2. The van der Waals surface area contributed by atoms with E-state index in [1.54, 1.807) is 0 Å². The van der Waals surface area contributed by atoms with Gasteiger partial charge in [-0.05, 0) is 31.2 Å². The molecule has 1 aliphatic carbocycles. The van der Waals surface area contributed by atoms with E-state index in [1.807, 2.05) is 23.7 Å². The summed E-state index contributed by atoms with van der Waals surface area (Å²) in [6.07, 6.45) is 5.23. The summed E-state index contributed by atoms with van der Waals surface area (Å²) in [5.74, 6) is 1.10. The second-order valence-electron chi connectivity index (χ2n) is 4.90. The topological polar surface area (TPSA) is 46.9 Å². The standard InChI is InChI=1S/C14H17N3OS/c1-10-9-16-13(17(10)11-4-5-11)6-7-15-14(18)12-3-2-8-19-12/h2-3,8-9,11H,4-7H2,1H3,(H,15,18). The number of rotatable bonds is 5. The van der Waals surface area contributed by atoms with E-state index in [1.165, 1.54) is 29.9 Å². The number of nitrogens with zero attached hydrogens (tertiary/aromatic N) is 2. The van der Waals surface area contributed by atoms with Crippen LogP contribution in [0.2, 0.25) is 0 Å². The van der Waals surface area contributed by atoms with E-state index < -0.39 is 0 Å². The van der Waals surface area contributed by atoms with Crippen LogP contribution in [0.5, 0.6) is 0 Å². The molecule has 1 N–H and O–H groups in total. The summed E-state index contributed by atoms with van der Waals surface area (Å²) in [6.45, 7) is 2.74. The zero-order valence-corrected chi connectivity index (χ0v) is 11.7. The Morgan fingerprint density at radius 1 is 1.58 bits per heavy atom. The third kappa shape index (κ3) is 2.71. The molecule has 4 nitrogen and oxygen atoms in total. The van der Waals surface area contributed by atoms with Crippen molar-refractivity contribution in [2.45, 2.75) is 32.2 Å². The second kappa shape index (κ2) is 5.17. The van der Waals surface area contributed by atoms with Gasteiger partial charge in [-0.2, -0.15) is 0 Å². The normalized spacial score (nSPS) is 14.6. The van der Waals surface area contributed by atoms with Crippen molar-refractivity contribution in [3.63, 3.8) is 0 Å². The van der Waals surface area contributed by atoms with E-state index in [0.29, 0.717) is 12.6 Å². The number of imidazole rings is 1. The minimum atomic E-state index is 0.0104. The van der Waals surface area contributed by atoms with Gasteiger partial charge in [-0.1, -0.05) is 6.07 Å². The third-order valence-corrected chi connectivity index (χ3v) is 4.22. The summed E-state index contributed by atoms with van der Waals surface area (Å²) in [4.78, 5) is 17.0. The molecular formula is C14H17N3OS. The van der Waals surface area contributed by atoms with Crippen molar-refractivity contribution in [2.75, 3.05) is 6.54 Å². The Bertz CT molecular complexity index is 570. The number of hydrogen-bond donors (Lipinski definition) is 1. The van der Waals surface area contributed by atoms with Crippen molar-refractivity contribution in [1.29, 1.82) is 0 Å². The maximum atomic E-state index is 11.8. The maximum absolute atomic E-state index is 11.8. The zero-order chi connectivity index (χ0) is 13.2. The van der Waals surface area contributed by atoms with Gasteiger partial charge in [0.05, 0.1) is 4.88 Å². The molecule has 2 aromatic rings. The molecule has 0 bridgehead atoms. The first-order valence-electron chi connectivity index (χ1n) is 6.60. The monoisotopic (exact) mass is 275 g/mol. The molecule has 19 heavy (non-hydrogen) atoms. The van der Waals surface area contributed by atoms with Gasteiger partial charge in [-0.15, -0.1) is 11.3 Å². The molecule has 1 amide bonds. The molecule has 5 heteroatoms. The Labute approximate surface area is 116 Å². The summed E-state index contributed by atoms with van der Waals surface area (Å²) in [7, 11) is 0. The van der Waals surface area contributed by atoms with E-state index >= 15 is 0 Å². The van der Waals surface area contributed by atoms with Crippen molar-refractivity contribution >= 4 is 17.2 Å². The summed E-state index contributed by atoms with van der Waals surface area (Å²) >= 11 is 1.47. The highest BCUT2D eigenvalue weighted by atomic mass is 32.1. The third-order valence-electron chi connectivity index (χ3n) is 3.35. The zero-order valence-electron chi connectivity index (χ0n) is 10.9. The average molecular weight is 275 g/mol. The fourth-order valence-corrected chi connectivity index (χ4v) is 2.94. The van der Waals surface area contributed by atoms with Gasteiger partial charge >= 0.3 is 0 Å². The lowest BCUT2D eigenvalue weighted by molar-refractivity contribution is 0.0958. The summed E-state index contributed by atoms with van der Waals surface area (Å²) in [6, 6.07) is 4.38. The Morgan fingerprint density at radius 2 is 2.42 bits per heavy atom. The van der Waals surface area contributed by atoms with Gasteiger partial charge in [0.25, 0.3) is 5.91 Å². The highest BCUT2D eigenvalue weighted by Gasteiger charge is 2.26. The number of carbonyl (C=O) groups excluding carboxylic acids is 1. The Kier molecular flexibility index (Phi) is 3.38. The molecular weight excluding hydrogens is 258 g/mol. The highest BCUT2D eigenvalue weighted by molar-refractivity contribution is 7.12. The summed E-state index contributed by atoms with van der Waals surface area (Å²) in [5, 5.41) is 4.86. The van der Waals surface area contributed by atoms with Crippen LogP contribution in [0.25, 0.3) is 0 Å². The predicted molar refractivity (Wildman–Crippen MR) is 75.6 cm³/mol. The van der Waals surface area contributed by atoms with E-state index in [0.717, 1.165) is 17.1 Å². The van der Waals surface area contributed by atoms with Crippen LogP contribution in [-0.2, 0) is 6.42 Å². The molecule has 2 heterocycles. The Morgan fingerprint density at radius 3 is 3.11 bits per heavy atom. The lowest BCUT2D eigenvalue weighted by Crippen LogP contribution is -2.25. The molecule has 0 unspecified atom stereocenters. The minimum Gasteiger partial charge on any atom is -0.351 e. The number of nitrogens with one attached hydrogen (secondary N) is 1. The molecule has 1 aliphatic rings. The number of hydrogen-bond acceptors (Lipinski definition) is 3. The SMILES string of the molecule is Cc1cnc(CCNC(=O)c2cccs2)n1C1CC1.